The van der Waals surface area contributed by atoms with Crippen molar-refractivity contribution in [1.29, 1.82) is 0 Å². The van der Waals surface area contributed by atoms with Gasteiger partial charge >= 0.3 is 5.97 Å². The molecule has 0 aliphatic carbocycles. The van der Waals surface area contributed by atoms with Crippen molar-refractivity contribution in [1.82, 2.24) is 0 Å². The van der Waals surface area contributed by atoms with Crippen LogP contribution < -0.4 is 0 Å². The number of benzene rings is 1. The highest BCUT2D eigenvalue weighted by Crippen LogP contribution is 2.37. The van der Waals surface area contributed by atoms with Gasteiger partial charge < -0.3 is 5.11 Å². The van der Waals surface area contributed by atoms with Crippen LogP contribution >= 0.6 is 23.4 Å². The first-order valence-corrected chi connectivity index (χ1v) is 6.28. The molecule has 1 aromatic carbocycles. The minimum absolute atomic E-state index is 0.129. The van der Waals surface area contributed by atoms with E-state index in [1.54, 1.807) is 11.8 Å². The number of carboxylic acid groups (broad SMARTS) is 1. The minimum Gasteiger partial charge on any atom is -0.481 e. The third-order valence-electron chi connectivity index (χ3n) is 2.70. The van der Waals surface area contributed by atoms with Crippen LogP contribution in [-0.2, 0) is 4.79 Å². The molecule has 2 rings (SSSR count). The molecule has 0 radical (unpaired) electrons. The van der Waals surface area contributed by atoms with Crippen LogP contribution in [0.15, 0.2) is 24.3 Å². The van der Waals surface area contributed by atoms with Crippen LogP contribution in [0.4, 0.5) is 0 Å². The van der Waals surface area contributed by atoms with Crippen LogP contribution in [0.5, 0.6) is 0 Å². The van der Waals surface area contributed by atoms with Crippen LogP contribution in [0.1, 0.15) is 11.5 Å². The zero-order chi connectivity index (χ0) is 10.8. The van der Waals surface area contributed by atoms with Gasteiger partial charge in [-0.25, -0.2) is 0 Å². The van der Waals surface area contributed by atoms with Gasteiger partial charge in [-0.05, 0) is 17.7 Å². The maximum Gasteiger partial charge on any atom is 0.307 e. The molecular weight excluding hydrogens is 232 g/mol. The molecule has 1 aromatic rings. The Kier molecular flexibility index (Phi) is 3.22. The number of aliphatic carboxylic acids is 1. The van der Waals surface area contributed by atoms with Gasteiger partial charge in [0.25, 0.3) is 0 Å². The average molecular weight is 243 g/mol. The summed E-state index contributed by atoms with van der Waals surface area (Å²) in [6.07, 6.45) is 0. The van der Waals surface area contributed by atoms with E-state index >= 15 is 0 Å². The molecule has 1 aliphatic rings. The van der Waals surface area contributed by atoms with Gasteiger partial charge in [0.1, 0.15) is 0 Å². The average Bonchev–Trinajstić information content (AvgIpc) is 2.67. The van der Waals surface area contributed by atoms with E-state index in [0.29, 0.717) is 10.8 Å². The smallest absolute Gasteiger partial charge is 0.307 e. The second kappa shape index (κ2) is 4.45. The van der Waals surface area contributed by atoms with Crippen molar-refractivity contribution < 1.29 is 9.90 Å². The van der Waals surface area contributed by atoms with E-state index < -0.39 is 5.97 Å². The van der Waals surface area contributed by atoms with Crippen molar-refractivity contribution in [2.45, 2.75) is 5.92 Å². The van der Waals surface area contributed by atoms with Crippen LogP contribution in [0.3, 0.4) is 0 Å². The quantitative estimate of drug-likeness (QED) is 0.867. The van der Waals surface area contributed by atoms with Gasteiger partial charge in [0, 0.05) is 22.4 Å². The monoisotopic (exact) mass is 242 g/mol. The molecule has 0 amide bonds. The molecule has 15 heavy (non-hydrogen) atoms. The fourth-order valence-electron chi connectivity index (χ4n) is 1.84. The summed E-state index contributed by atoms with van der Waals surface area (Å²) >= 11 is 7.50. The summed E-state index contributed by atoms with van der Waals surface area (Å²) in [4.78, 5) is 11.0. The lowest BCUT2D eigenvalue weighted by Gasteiger charge is -2.14. The third-order valence-corrected chi connectivity index (χ3v) is 4.14. The van der Waals surface area contributed by atoms with Gasteiger partial charge in [-0.2, -0.15) is 11.8 Å². The summed E-state index contributed by atoms with van der Waals surface area (Å²) in [5.74, 6) is 0.780. The SMILES string of the molecule is O=C(O)[C@@H]1CSC[C@H]1c1ccc(Cl)cc1. The normalized spacial score (nSPS) is 25.4. The fraction of sp³-hybridized carbons (Fsp3) is 0.364. The van der Waals surface area contributed by atoms with E-state index in [-0.39, 0.29) is 11.8 Å². The van der Waals surface area contributed by atoms with Crippen molar-refractivity contribution in [2.75, 3.05) is 11.5 Å². The maximum atomic E-state index is 11.0. The largest absolute Gasteiger partial charge is 0.481 e. The van der Waals surface area contributed by atoms with Crippen LogP contribution in [-0.4, -0.2) is 22.6 Å². The Morgan fingerprint density at radius 3 is 2.60 bits per heavy atom. The zero-order valence-electron chi connectivity index (χ0n) is 8.02. The van der Waals surface area contributed by atoms with Gasteiger partial charge in [-0.3, -0.25) is 4.79 Å². The van der Waals surface area contributed by atoms with E-state index in [0.717, 1.165) is 11.3 Å². The van der Waals surface area contributed by atoms with Gasteiger partial charge in [0.2, 0.25) is 0 Å². The Morgan fingerprint density at radius 1 is 1.33 bits per heavy atom. The first-order chi connectivity index (χ1) is 7.18. The number of hydrogen-bond acceptors (Lipinski definition) is 2. The molecule has 1 saturated heterocycles. The Bertz CT molecular complexity index is 363. The van der Waals surface area contributed by atoms with E-state index in [2.05, 4.69) is 0 Å². The first-order valence-electron chi connectivity index (χ1n) is 4.74. The summed E-state index contributed by atoms with van der Waals surface area (Å²) in [7, 11) is 0. The molecule has 1 N–H and O–H groups in total. The van der Waals surface area contributed by atoms with Crippen molar-refractivity contribution in [2.24, 2.45) is 5.92 Å². The third kappa shape index (κ3) is 2.29. The van der Waals surface area contributed by atoms with Crippen LogP contribution in [0.2, 0.25) is 5.02 Å². The molecule has 4 heteroatoms. The number of rotatable bonds is 2. The number of halogens is 1. The summed E-state index contributed by atoms with van der Waals surface area (Å²) in [5, 5.41) is 9.75. The van der Waals surface area contributed by atoms with Crippen molar-refractivity contribution in [3.63, 3.8) is 0 Å². The lowest BCUT2D eigenvalue weighted by molar-refractivity contribution is -0.141. The molecule has 0 unspecified atom stereocenters. The van der Waals surface area contributed by atoms with Crippen molar-refractivity contribution >= 4 is 29.3 Å². The van der Waals surface area contributed by atoms with E-state index in [4.69, 9.17) is 16.7 Å². The minimum atomic E-state index is -0.694. The topological polar surface area (TPSA) is 37.3 Å². The molecule has 80 valence electrons. The van der Waals surface area contributed by atoms with Gasteiger partial charge in [-0.15, -0.1) is 0 Å². The number of carbonyl (C=O) groups is 1. The Morgan fingerprint density at radius 2 is 2.00 bits per heavy atom. The fourth-order valence-corrected chi connectivity index (χ4v) is 3.41. The summed E-state index contributed by atoms with van der Waals surface area (Å²) in [6, 6.07) is 7.49. The molecule has 1 aliphatic heterocycles. The molecule has 0 aromatic heterocycles. The lowest BCUT2D eigenvalue weighted by atomic mass is 9.89. The van der Waals surface area contributed by atoms with Gasteiger partial charge in [0.15, 0.2) is 0 Å². The van der Waals surface area contributed by atoms with E-state index in [9.17, 15) is 4.79 Å². The molecule has 2 atom stereocenters. The highest BCUT2D eigenvalue weighted by molar-refractivity contribution is 7.99. The second-order valence-corrected chi connectivity index (χ2v) is 5.15. The summed E-state index contributed by atoms with van der Waals surface area (Å²) < 4.78 is 0. The maximum absolute atomic E-state index is 11.0. The molecule has 0 bridgehead atoms. The molecule has 1 fully saturated rings. The Hall–Kier alpha value is -0.670. The number of thioether (sulfide) groups is 1. The summed E-state index contributed by atoms with van der Waals surface area (Å²) in [6.45, 7) is 0. The standard InChI is InChI=1S/C11H11ClO2S/c12-8-3-1-7(2-4-8)9-5-15-6-10(9)11(13)14/h1-4,9-10H,5-6H2,(H,13,14)/t9-,10+/m0/s1. The molecular formula is C11H11ClO2S. The van der Waals surface area contributed by atoms with Gasteiger partial charge in [0.05, 0.1) is 5.92 Å². The van der Waals surface area contributed by atoms with Crippen molar-refractivity contribution in [3.8, 4) is 0 Å². The zero-order valence-corrected chi connectivity index (χ0v) is 9.59. The van der Waals surface area contributed by atoms with Gasteiger partial charge in [-0.1, -0.05) is 23.7 Å². The number of hydrogen-bond donors (Lipinski definition) is 1. The Labute approximate surface area is 97.6 Å². The van der Waals surface area contributed by atoms with Crippen molar-refractivity contribution in [3.05, 3.63) is 34.9 Å². The second-order valence-electron chi connectivity index (χ2n) is 3.64. The highest BCUT2D eigenvalue weighted by atomic mass is 35.5. The Balaban J connectivity index is 2.22. The molecule has 1 heterocycles. The predicted octanol–water partition coefficient (Wildman–Crippen LogP) is 2.87. The molecule has 2 nitrogen and oxygen atoms in total. The lowest BCUT2D eigenvalue weighted by Crippen LogP contribution is -2.20. The summed E-state index contributed by atoms with van der Waals surface area (Å²) in [5.41, 5.74) is 1.08. The van der Waals surface area contributed by atoms with E-state index in [1.165, 1.54) is 0 Å². The predicted molar refractivity (Wildman–Crippen MR) is 62.6 cm³/mol. The number of carboxylic acids is 1. The van der Waals surface area contributed by atoms with Crippen LogP contribution in [0.25, 0.3) is 0 Å². The molecule has 0 spiro atoms. The van der Waals surface area contributed by atoms with Crippen LogP contribution in [0, 0.1) is 5.92 Å². The molecule has 0 saturated carbocycles. The highest BCUT2D eigenvalue weighted by Gasteiger charge is 2.34. The first kappa shape index (κ1) is 10.8. The van der Waals surface area contributed by atoms with E-state index in [1.807, 2.05) is 24.3 Å².